The molecule has 1 fully saturated rings. The van der Waals surface area contributed by atoms with Crippen molar-refractivity contribution in [2.24, 2.45) is 0 Å². The summed E-state index contributed by atoms with van der Waals surface area (Å²) in [5.41, 5.74) is 2.97. The molecule has 0 radical (unpaired) electrons. The van der Waals surface area contributed by atoms with Crippen LogP contribution in [-0.4, -0.2) is 43.8 Å². The summed E-state index contributed by atoms with van der Waals surface area (Å²) in [5.74, 6) is -0.619. The molecular formula is C33H41N3O4S. The van der Waals surface area contributed by atoms with Crippen molar-refractivity contribution in [3.8, 4) is 0 Å². The lowest BCUT2D eigenvalue weighted by Crippen LogP contribution is -2.54. The van der Waals surface area contributed by atoms with E-state index in [1.165, 1.54) is 10.7 Å². The summed E-state index contributed by atoms with van der Waals surface area (Å²) >= 11 is 0. The first-order valence-corrected chi connectivity index (χ1v) is 15.9. The number of nitrogens with zero attached hydrogens (tertiary/aromatic N) is 2. The fraction of sp³-hybridized carbons (Fsp3) is 0.394. The highest BCUT2D eigenvalue weighted by Gasteiger charge is 2.34. The number of amides is 2. The van der Waals surface area contributed by atoms with Gasteiger partial charge in [-0.3, -0.25) is 13.9 Å². The average Bonchev–Trinajstić information content (AvgIpc) is 2.97. The third-order valence-corrected chi connectivity index (χ3v) is 9.58. The molecule has 4 rings (SSSR count). The third-order valence-electron chi connectivity index (χ3n) is 7.81. The molecule has 1 saturated carbocycles. The number of nitrogens with one attached hydrogen (secondary N) is 1. The van der Waals surface area contributed by atoms with Crippen LogP contribution in [0.3, 0.4) is 0 Å². The smallest absolute Gasteiger partial charge is 0.264 e. The molecule has 2 amide bonds. The SMILES string of the molecule is CCC(C(=O)NC1CCCCC1)N(Cc1ccccc1)C(=O)CN(c1ccccc1C)S(=O)(=O)c1ccc(C)cc1. The Hall–Kier alpha value is -3.65. The molecule has 0 bridgehead atoms. The molecule has 3 aromatic carbocycles. The minimum absolute atomic E-state index is 0.101. The number of para-hydroxylation sites is 1. The van der Waals surface area contributed by atoms with Gasteiger partial charge in [0.05, 0.1) is 10.6 Å². The van der Waals surface area contributed by atoms with Gasteiger partial charge in [0.25, 0.3) is 10.0 Å². The second kappa shape index (κ2) is 13.8. The summed E-state index contributed by atoms with van der Waals surface area (Å²) in [7, 11) is -4.08. The monoisotopic (exact) mass is 575 g/mol. The van der Waals surface area contributed by atoms with Gasteiger partial charge >= 0.3 is 0 Å². The Morgan fingerprint density at radius 2 is 1.51 bits per heavy atom. The molecule has 1 unspecified atom stereocenters. The number of benzene rings is 3. The molecule has 1 aliphatic rings. The van der Waals surface area contributed by atoms with Crippen molar-refractivity contribution in [3.63, 3.8) is 0 Å². The molecule has 0 heterocycles. The predicted molar refractivity (Wildman–Crippen MR) is 163 cm³/mol. The summed E-state index contributed by atoms with van der Waals surface area (Å²) < 4.78 is 29.2. The number of aryl methyl sites for hydroxylation is 2. The summed E-state index contributed by atoms with van der Waals surface area (Å²) in [6.45, 7) is 5.37. The molecular weight excluding hydrogens is 534 g/mol. The van der Waals surface area contributed by atoms with Gasteiger partial charge < -0.3 is 10.2 Å². The van der Waals surface area contributed by atoms with Crippen LogP contribution in [0, 0.1) is 13.8 Å². The van der Waals surface area contributed by atoms with Gasteiger partial charge in [0.1, 0.15) is 12.6 Å². The van der Waals surface area contributed by atoms with Crippen LogP contribution >= 0.6 is 0 Å². The molecule has 0 saturated heterocycles. The van der Waals surface area contributed by atoms with Crippen molar-refractivity contribution >= 4 is 27.5 Å². The number of carbonyl (C=O) groups excluding carboxylic acids is 2. The molecule has 7 nitrogen and oxygen atoms in total. The number of sulfonamides is 1. The molecule has 3 aromatic rings. The zero-order chi connectivity index (χ0) is 29.4. The number of hydrogen-bond donors (Lipinski definition) is 1. The van der Waals surface area contributed by atoms with Crippen molar-refractivity contribution in [3.05, 3.63) is 95.6 Å². The van der Waals surface area contributed by atoms with Crippen LogP contribution in [0.5, 0.6) is 0 Å². The molecule has 0 aliphatic heterocycles. The minimum atomic E-state index is -4.08. The van der Waals surface area contributed by atoms with E-state index >= 15 is 0 Å². The fourth-order valence-corrected chi connectivity index (χ4v) is 6.92. The first-order chi connectivity index (χ1) is 19.7. The van der Waals surface area contributed by atoms with Crippen LogP contribution in [-0.2, 0) is 26.2 Å². The highest BCUT2D eigenvalue weighted by Crippen LogP contribution is 2.28. The van der Waals surface area contributed by atoms with Crippen LogP contribution in [0.25, 0.3) is 0 Å². The van der Waals surface area contributed by atoms with E-state index in [4.69, 9.17) is 0 Å². The Kier molecular flexibility index (Phi) is 10.2. The van der Waals surface area contributed by atoms with Crippen molar-refractivity contribution in [1.82, 2.24) is 10.2 Å². The van der Waals surface area contributed by atoms with Gasteiger partial charge in [-0.1, -0.05) is 92.4 Å². The third kappa shape index (κ3) is 7.55. The number of carbonyl (C=O) groups is 2. The maximum absolute atomic E-state index is 14.2. The lowest BCUT2D eigenvalue weighted by atomic mass is 9.95. The Morgan fingerprint density at radius 3 is 2.15 bits per heavy atom. The molecule has 41 heavy (non-hydrogen) atoms. The number of anilines is 1. The van der Waals surface area contributed by atoms with E-state index in [-0.39, 0.29) is 23.4 Å². The second-order valence-electron chi connectivity index (χ2n) is 10.9. The molecule has 1 atom stereocenters. The van der Waals surface area contributed by atoms with Gasteiger partial charge in [0.2, 0.25) is 11.8 Å². The van der Waals surface area contributed by atoms with E-state index in [2.05, 4.69) is 5.32 Å². The van der Waals surface area contributed by atoms with Gasteiger partial charge in [0.15, 0.2) is 0 Å². The summed E-state index contributed by atoms with van der Waals surface area (Å²) in [6, 6.07) is 22.6. The standard InChI is InChI=1S/C33H41N3O4S/c1-4-30(33(38)34-28-16-9-6-10-17-28)35(23-27-14-7-5-8-15-27)32(37)24-36(31-18-12-11-13-26(31)3)41(39,40)29-21-19-25(2)20-22-29/h5,7-8,11-15,18-22,28,30H,4,6,9-10,16-17,23-24H2,1-3H3,(H,34,38). The fourth-order valence-electron chi connectivity index (χ4n) is 5.44. The van der Waals surface area contributed by atoms with Crippen molar-refractivity contribution in [1.29, 1.82) is 0 Å². The normalized spacial score (nSPS) is 14.7. The Bertz CT molecular complexity index is 1420. The number of hydrogen-bond acceptors (Lipinski definition) is 4. The number of rotatable bonds is 11. The van der Waals surface area contributed by atoms with E-state index in [9.17, 15) is 18.0 Å². The Labute approximate surface area is 244 Å². The van der Waals surface area contributed by atoms with E-state index in [1.54, 1.807) is 41.3 Å². The van der Waals surface area contributed by atoms with Gasteiger partial charge in [-0.05, 0) is 62.4 Å². The zero-order valence-corrected chi connectivity index (χ0v) is 25.1. The van der Waals surface area contributed by atoms with Gasteiger partial charge in [-0.2, -0.15) is 0 Å². The molecule has 0 spiro atoms. The van der Waals surface area contributed by atoms with E-state index in [0.29, 0.717) is 12.1 Å². The zero-order valence-electron chi connectivity index (χ0n) is 24.3. The lowest BCUT2D eigenvalue weighted by Gasteiger charge is -2.34. The van der Waals surface area contributed by atoms with E-state index < -0.39 is 28.5 Å². The van der Waals surface area contributed by atoms with Gasteiger partial charge in [-0.25, -0.2) is 8.42 Å². The summed E-state index contributed by atoms with van der Waals surface area (Å²) in [4.78, 5) is 29.5. The topological polar surface area (TPSA) is 86.8 Å². The van der Waals surface area contributed by atoms with Crippen molar-refractivity contribution in [2.45, 2.75) is 82.8 Å². The summed E-state index contributed by atoms with van der Waals surface area (Å²) in [5, 5.41) is 3.18. The first-order valence-electron chi connectivity index (χ1n) is 14.5. The van der Waals surface area contributed by atoms with Crippen LogP contribution in [0.2, 0.25) is 0 Å². The minimum Gasteiger partial charge on any atom is -0.352 e. The van der Waals surface area contributed by atoms with Gasteiger partial charge in [0, 0.05) is 12.6 Å². The van der Waals surface area contributed by atoms with Crippen LogP contribution < -0.4 is 9.62 Å². The quantitative estimate of drug-likeness (QED) is 0.315. The largest absolute Gasteiger partial charge is 0.352 e. The maximum Gasteiger partial charge on any atom is 0.264 e. The maximum atomic E-state index is 14.2. The molecule has 1 aliphatic carbocycles. The van der Waals surface area contributed by atoms with Gasteiger partial charge in [-0.15, -0.1) is 0 Å². The molecule has 218 valence electrons. The van der Waals surface area contributed by atoms with Crippen LogP contribution in [0.1, 0.15) is 62.1 Å². The second-order valence-corrected chi connectivity index (χ2v) is 12.7. The van der Waals surface area contributed by atoms with E-state index in [0.717, 1.165) is 42.4 Å². The molecule has 8 heteroatoms. The predicted octanol–water partition coefficient (Wildman–Crippen LogP) is 5.76. The highest BCUT2D eigenvalue weighted by molar-refractivity contribution is 7.92. The van der Waals surface area contributed by atoms with Crippen molar-refractivity contribution < 1.29 is 18.0 Å². The van der Waals surface area contributed by atoms with Crippen LogP contribution in [0.4, 0.5) is 5.69 Å². The molecule has 1 N–H and O–H groups in total. The lowest BCUT2D eigenvalue weighted by molar-refractivity contribution is -0.140. The Morgan fingerprint density at radius 1 is 0.878 bits per heavy atom. The van der Waals surface area contributed by atoms with Crippen LogP contribution in [0.15, 0.2) is 83.8 Å². The van der Waals surface area contributed by atoms with Crippen molar-refractivity contribution in [2.75, 3.05) is 10.8 Å². The highest BCUT2D eigenvalue weighted by atomic mass is 32.2. The summed E-state index contributed by atoms with van der Waals surface area (Å²) in [6.07, 6.45) is 5.61. The first kappa shape index (κ1) is 30.3. The van der Waals surface area contributed by atoms with E-state index in [1.807, 2.05) is 63.2 Å². The Balaban J connectivity index is 1.70. The molecule has 0 aromatic heterocycles. The average molecular weight is 576 g/mol.